The van der Waals surface area contributed by atoms with Crippen molar-refractivity contribution in [2.75, 3.05) is 13.1 Å². The first-order valence-corrected chi connectivity index (χ1v) is 8.62. The monoisotopic (exact) mass is 307 g/mol. The number of hydrogen-bond donors (Lipinski definition) is 0. The molecule has 4 aliphatic rings. The van der Waals surface area contributed by atoms with E-state index >= 15 is 0 Å². The molecule has 122 valence electrons. The molecule has 0 spiro atoms. The van der Waals surface area contributed by atoms with Crippen molar-refractivity contribution in [3.63, 3.8) is 0 Å². The van der Waals surface area contributed by atoms with Crippen LogP contribution in [0.2, 0.25) is 0 Å². The zero-order valence-electron chi connectivity index (χ0n) is 13.4. The third-order valence-electron chi connectivity index (χ3n) is 6.30. The van der Waals surface area contributed by atoms with Crippen molar-refractivity contribution in [3.05, 3.63) is 16.9 Å². The minimum Gasteiger partial charge on any atom is -0.633 e. The summed E-state index contributed by atoms with van der Waals surface area (Å²) in [4.78, 5) is 11.7. The Kier molecular flexibility index (Phi) is 3.36. The van der Waals surface area contributed by atoms with Gasteiger partial charge in [-0.15, -0.1) is 0 Å². The third kappa shape index (κ3) is 2.06. The van der Waals surface area contributed by atoms with E-state index in [-0.39, 0.29) is 40.9 Å². The highest BCUT2D eigenvalue weighted by molar-refractivity contribution is 5.90. The summed E-state index contributed by atoms with van der Waals surface area (Å²) in [6, 6.07) is 0.176. The van der Waals surface area contributed by atoms with E-state index in [4.69, 9.17) is 9.47 Å². The zero-order valence-corrected chi connectivity index (χ0v) is 13.4. The molecular weight excluding hydrogens is 282 g/mol. The van der Waals surface area contributed by atoms with E-state index in [1.807, 2.05) is 6.08 Å². The largest absolute Gasteiger partial charge is 0.633 e. The topological polar surface area (TPSA) is 58.6 Å². The summed E-state index contributed by atoms with van der Waals surface area (Å²) in [5.74, 6) is 0.334. The van der Waals surface area contributed by atoms with Crippen LogP contribution in [0.25, 0.3) is 0 Å². The van der Waals surface area contributed by atoms with Gasteiger partial charge in [-0.25, -0.2) is 4.79 Å². The molecule has 0 radical (unpaired) electrons. The molecule has 0 bridgehead atoms. The fourth-order valence-corrected chi connectivity index (χ4v) is 5.25. The van der Waals surface area contributed by atoms with Crippen LogP contribution in [0.5, 0.6) is 0 Å². The number of cyclic esters (lactones) is 1. The second kappa shape index (κ2) is 5.05. The Labute approximate surface area is 131 Å². The Hall–Kier alpha value is -0.910. The Morgan fingerprint density at radius 3 is 2.68 bits per heavy atom. The molecule has 5 nitrogen and oxygen atoms in total. The highest BCUT2D eigenvalue weighted by Crippen LogP contribution is 2.48. The normalized spacial score (nSPS) is 51.0. The molecular formula is C17H25NO4. The quantitative estimate of drug-likeness (QED) is 0.423. The minimum atomic E-state index is -0.274. The molecule has 7 atom stereocenters. The molecule has 4 rings (SSSR count). The number of quaternary nitrogens is 1. The van der Waals surface area contributed by atoms with Crippen molar-refractivity contribution in [1.29, 1.82) is 0 Å². The number of carbonyl (C=O) groups is 1. The van der Waals surface area contributed by atoms with E-state index in [1.165, 1.54) is 0 Å². The van der Waals surface area contributed by atoms with Crippen molar-refractivity contribution >= 4 is 5.97 Å². The smallest absolute Gasteiger partial charge is 0.334 e. The van der Waals surface area contributed by atoms with Crippen molar-refractivity contribution in [2.45, 2.75) is 63.9 Å². The zero-order chi connectivity index (χ0) is 15.5. The summed E-state index contributed by atoms with van der Waals surface area (Å²) < 4.78 is 11.8. The van der Waals surface area contributed by atoms with Crippen molar-refractivity contribution in [3.8, 4) is 0 Å². The minimum absolute atomic E-state index is 0.0130. The van der Waals surface area contributed by atoms with Gasteiger partial charge in [-0.05, 0) is 31.8 Å². The first-order chi connectivity index (χ1) is 10.5. The molecule has 0 amide bonds. The van der Waals surface area contributed by atoms with Gasteiger partial charge in [-0.1, -0.05) is 6.92 Å². The van der Waals surface area contributed by atoms with Gasteiger partial charge in [0.15, 0.2) is 0 Å². The SMILES string of the molecule is CC1=C[C@@H]([C@H]2O[C@@H]3CCC[N+]4([O-])CCC[C@H]4[C@H]3[C@@H]2C)OC1=O. The molecule has 22 heavy (non-hydrogen) atoms. The van der Waals surface area contributed by atoms with Gasteiger partial charge < -0.3 is 19.3 Å². The fourth-order valence-electron chi connectivity index (χ4n) is 5.25. The second-order valence-electron chi connectivity index (χ2n) is 7.55. The highest BCUT2D eigenvalue weighted by Gasteiger charge is 2.55. The number of carbonyl (C=O) groups excluding carboxylic acids is 1. The maximum Gasteiger partial charge on any atom is 0.334 e. The summed E-state index contributed by atoms with van der Waals surface area (Å²) >= 11 is 0. The predicted molar refractivity (Wildman–Crippen MR) is 80.6 cm³/mol. The number of fused-ring (bicyclic) bond motifs is 3. The lowest BCUT2D eigenvalue weighted by molar-refractivity contribution is -0.895. The van der Waals surface area contributed by atoms with Crippen LogP contribution in [0.4, 0.5) is 0 Å². The molecule has 5 heteroatoms. The Balaban J connectivity index is 1.60. The molecule has 0 N–H and O–H groups in total. The highest BCUT2D eigenvalue weighted by atomic mass is 16.6. The molecule has 0 saturated carbocycles. The van der Waals surface area contributed by atoms with Gasteiger partial charge >= 0.3 is 5.97 Å². The first kappa shape index (κ1) is 14.7. The lowest BCUT2D eigenvalue weighted by Gasteiger charge is -2.46. The van der Waals surface area contributed by atoms with Crippen molar-refractivity contribution < 1.29 is 18.9 Å². The molecule has 0 aromatic rings. The first-order valence-electron chi connectivity index (χ1n) is 8.62. The summed E-state index contributed by atoms with van der Waals surface area (Å²) in [5, 5.41) is 13.1. The maximum atomic E-state index is 13.1. The van der Waals surface area contributed by atoms with Gasteiger partial charge in [0.25, 0.3) is 0 Å². The molecule has 4 aliphatic heterocycles. The lowest BCUT2D eigenvalue weighted by atomic mass is 9.80. The van der Waals surface area contributed by atoms with Crippen LogP contribution >= 0.6 is 0 Å². The molecule has 3 fully saturated rings. The maximum absolute atomic E-state index is 13.1. The van der Waals surface area contributed by atoms with Crippen molar-refractivity contribution in [1.82, 2.24) is 0 Å². The third-order valence-corrected chi connectivity index (χ3v) is 6.30. The van der Waals surface area contributed by atoms with Crippen LogP contribution in [0.3, 0.4) is 0 Å². The van der Waals surface area contributed by atoms with E-state index in [0.717, 1.165) is 38.8 Å². The van der Waals surface area contributed by atoms with Crippen LogP contribution in [0.15, 0.2) is 11.6 Å². The Morgan fingerprint density at radius 2 is 2.00 bits per heavy atom. The fraction of sp³-hybridized carbons (Fsp3) is 0.824. The molecule has 1 unspecified atom stereocenters. The van der Waals surface area contributed by atoms with Crippen LogP contribution < -0.4 is 0 Å². The van der Waals surface area contributed by atoms with Gasteiger partial charge in [0, 0.05) is 24.3 Å². The number of ether oxygens (including phenoxy) is 2. The number of nitrogens with zero attached hydrogens (tertiary/aromatic N) is 1. The average Bonchev–Trinajstić information content (AvgIpc) is 3.06. The number of rotatable bonds is 1. The second-order valence-corrected chi connectivity index (χ2v) is 7.55. The predicted octanol–water partition coefficient (Wildman–Crippen LogP) is 2.15. The summed E-state index contributed by atoms with van der Waals surface area (Å²) in [6.07, 6.45) is 5.64. The molecule has 0 aromatic heterocycles. The molecule has 4 heterocycles. The number of esters is 1. The van der Waals surface area contributed by atoms with E-state index in [2.05, 4.69) is 6.92 Å². The van der Waals surface area contributed by atoms with Crippen LogP contribution in [0, 0.1) is 17.0 Å². The van der Waals surface area contributed by atoms with Gasteiger partial charge in [-0.2, -0.15) is 0 Å². The van der Waals surface area contributed by atoms with Gasteiger partial charge in [0.2, 0.25) is 0 Å². The average molecular weight is 307 g/mol. The van der Waals surface area contributed by atoms with E-state index in [9.17, 15) is 10.0 Å². The summed E-state index contributed by atoms with van der Waals surface area (Å²) in [6.45, 7) is 5.48. The van der Waals surface area contributed by atoms with E-state index < -0.39 is 0 Å². The van der Waals surface area contributed by atoms with Gasteiger partial charge in [-0.3, -0.25) is 0 Å². The molecule has 0 aromatic carbocycles. The summed E-state index contributed by atoms with van der Waals surface area (Å²) in [5.41, 5.74) is 0.669. The van der Waals surface area contributed by atoms with Crippen LogP contribution in [-0.4, -0.2) is 48.1 Å². The summed E-state index contributed by atoms with van der Waals surface area (Å²) in [7, 11) is 0. The molecule has 0 aliphatic carbocycles. The van der Waals surface area contributed by atoms with E-state index in [0.29, 0.717) is 11.5 Å². The van der Waals surface area contributed by atoms with Gasteiger partial charge in [0.05, 0.1) is 25.2 Å². The van der Waals surface area contributed by atoms with Gasteiger partial charge in [0.1, 0.15) is 12.2 Å². The number of hydrogen-bond acceptors (Lipinski definition) is 4. The van der Waals surface area contributed by atoms with Crippen LogP contribution in [-0.2, 0) is 14.3 Å². The lowest BCUT2D eigenvalue weighted by Crippen LogP contribution is -2.51. The Morgan fingerprint density at radius 1 is 1.27 bits per heavy atom. The van der Waals surface area contributed by atoms with Crippen molar-refractivity contribution in [2.24, 2.45) is 11.8 Å². The van der Waals surface area contributed by atoms with E-state index in [1.54, 1.807) is 6.92 Å². The molecule has 3 saturated heterocycles. The number of hydroxylamine groups is 3. The Bertz CT molecular complexity index is 519. The standard InChI is InChI=1S/C17H25NO4/c1-10-9-14(22-17(10)19)16-11(2)15-12-5-3-7-18(12,20)8-4-6-13(15)21-16/h9,11-16H,3-8H2,1-2H3/t11-,12-,13+,14-,15+,16-,18?/m0/s1. The van der Waals surface area contributed by atoms with Crippen LogP contribution in [0.1, 0.15) is 39.5 Å².